The summed E-state index contributed by atoms with van der Waals surface area (Å²) in [7, 11) is -1.95. The average molecular weight is 572 g/mol. The number of unbranched alkanes of at least 4 members (excludes halogenated alkanes) is 8. The minimum Gasteiger partial charge on any atom is -0.427 e. The first kappa shape index (κ1) is 32.8. The number of carbonyl (C=O) groups is 2. The molecular formula is C34H57NO4Si. The van der Waals surface area contributed by atoms with Gasteiger partial charge < -0.3 is 14.5 Å². The van der Waals surface area contributed by atoms with Gasteiger partial charge in [-0.2, -0.15) is 0 Å². The Hall–Kier alpha value is -1.66. The highest BCUT2D eigenvalue weighted by atomic mass is 28.4. The van der Waals surface area contributed by atoms with Gasteiger partial charge in [0.05, 0.1) is 18.6 Å². The van der Waals surface area contributed by atoms with Gasteiger partial charge in [0.2, 0.25) is 5.91 Å². The van der Waals surface area contributed by atoms with Crippen LogP contribution >= 0.6 is 0 Å². The number of carbonyl (C=O) groups excluding carboxylic acids is 2. The molecule has 1 amide bonds. The predicted molar refractivity (Wildman–Crippen MR) is 167 cm³/mol. The number of amides is 1. The van der Waals surface area contributed by atoms with Crippen molar-refractivity contribution in [1.29, 1.82) is 0 Å². The third-order valence-corrected chi connectivity index (χ3v) is 14.9. The molecule has 1 saturated heterocycles. The first-order chi connectivity index (χ1) is 18.7. The lowest BCUT2D eigenvalue weighted by atomic mass is 9.67. The van der Waals surface area contributed by atoms with Crippen molar-refractivity contribution in [2.24, 2.45) is 11.8 Å². The van der Waals surface area contributed by atoms with Crippen molar-refractivity contribution >= 4 is 20.2 Å². The molecule has 6 heteroatoms. The Labute approximate surface area is 245 Å². The Morgan fingerprint density at radius 1 is 1.02 bits per heavy atom. The molecule has 4 atom stereocenters. The van der Waals surface area contributed by atoms with Crippen LogP contribution in [0.25, 0.3) is 0 Å². The number of esters is 1. The first-order valence-corrected chi connectivity index (χ1v) is 18.9. The van der Waals surface area contributed by atoms with Crippen LogP contribution in [0.2, 0.25) is 18.1 Å². The Kier molecular flexibility index (Phi) is 11.1. The van der Waals surface area contributed by atoms with Gasteiger partial charge in [-0.1, -0.05) is 106 Å². The van der Waals surface area contributed by atoms with E-state index in [0.29, 0.717) is 18.8 Å². The highest BCUT2D eigenvalue weighted by molar-refractivity contribution is 6.74. The van der Waals surface area contributed by atoms with Gasteiger partial charge >= 0.3 is 5.97 Å². The van der Waals surface area contributed by atoms with Gasteiger partial charge in [-0.25, -0.2) is 0 Å². The Bertz CT molecular complexity index is 1010. The van der Waals surface area contributed by atoms with E-state index in [4.69, 9.17) is 9.16 Å². The molecule has 1 aliphatic carbocycles. The normalized spacial score (nSPS) is 24.2. The second kappa shape index (κ2) is 13.5. The van der Waals surface area contributed by atoms with E-state index in [1.807, 2.05) is 12.1 Å². The maximum Gasteiger partial charge on any atom is 0.311 e. The largest absolute Gasteiger partial charge is 0.427 e. The molecule has 1 aromatic rings. The maximum atomic E-state index is 13.5. The summed E-state index contributed by atoms with van der Waals surface area (Å²) in [4.78, 5) is 26.1. The fourth-order valence-corrected chi connectivity index (χ4v) is 7.44. The second-order valence-corrected chi connectivity index (χ2v) is 19.2. The van der Waals surface area contributed by atoms with E-state index in [9.17, 15) is 9.59 Å². The van der Waals surface area contributed by atoms with Crippen molar-refractivity contribution in [3.8, 4) is 5.75 Å². The van der Waals surface area contributed by atoms with Gasteiger partial charge in [-0.3, -0.25) is 9.59 Å². The number of benzene rings is 1. The number of rotatable bonds is 15. The van der Waals surface area contributed by atoms with Crippen molar-refractivity contribution in [2.75, 3.05) is 6.61 Å². The Balaban J connectivity index is 1.66. The smallest absolute Gasteiger partial charge is 0.311 e. The van der Waals surface area contributed by atoms with Crippen LogP contribution < -0.4 is 10.1 Å². The molecule has 2 aliphatic rings. The molecule has 40 heavy (non-hydrogen) atoms. The topological polar surface area (TPSA) is 64.6 Å². The zero-order valence-electron chi connectivity index (χ0n) is 27.0. The van der Waals surface area contributed by atoms with Crippen molar-refractivity contribution in [1.82, 2.24) is 5.32 Å². The van der Waals surface area contributed by atoms with Gasteiger partial charge in [0.25, 0.3) is 0 Å². The molecule has 1 N–H and O–H groups in total. The highest BCUT2D eigenvalue weighted by Crippen LogP contribution is 2.58. The molecule has 5 nitrogen and oxygen atoms in total. The summed E-state index contributed by atoms with van der Waals surface area (Å²) >= 11 is 0. The monoisotopic (exact) mass is 571 g/mol. The lowest BCUT2D eigenvalue weighted by Crippen LogP contribution is -2.45. The molecular weight excluding hydrogens is 514 g/mol. The molecule has 1 heterocycles. The molecule has 0 unspecified atom stereocenters. The van der Waals surface area contributed by atoms with Crippen LogP contribution in [-0.2, 0) is 19.4 Å². The third-order valence-electron chi connectivity index (χ3n) is 10.4. The van der Waals surface area contributed by atoms with Crippen molar-refractivity contribution in [2.45, 2.75) is 148 Å². The number of ether oxygens (including phenoxy) is 1. The second-order valence-electron chi connectivity index (χ2n) is 14.4. The summed E-state index contributed by atoms with van der Waals surface area (Å²) in [6.45, 7) is 20.6. The molecule has 1 aliphatic heterocycles. The van der Waals surface area contributed by atoms with E-state index >= 15 is 0 Å². The van der Waals surface area contributed by atoms with Crippen LogP contribution in [0.15, 0.2) is 18.2 Å². The summed E-state index contributed by atoms with van der Waals surface area (Å²) in [6, 6.07) is 6.01. The fourth-order valence-electron chi connectivity index (χ4n) is 6.42. The lowest BCUT2D eigenvalue weighted by molar-refractivity contribution is -0.134. The maximum absolute atomic E-state index is 13.5. The Morgan fingerprint density at radius 2 is 1.62 bits per heavy atom. The van der Waals surface area contributed by atoms with Crippen LogP contribution in [0.4, 0.5) is 0 Å². The van der Waals surface area contributed by atoms with Crippen LogP contribution in [0.3, 0.4) is 0 Å². The molecule has 0 spiro atoms. The van der Waals surface area contributed by atoms with Crippen LogP contribution in [0.5, 0.6) is 5.75 Å². The van der Waals surface area contributed by atoms with E-state index in [0.717, 1.165) is 18.4 Å². The summed E-state index contributed by atoms with van der Waals surface area (Å²) in [5.74, 6) is 0.715. The van der Waals surface area contributed by atoms with Gasteiger partial charge in [0, 0.05) is 17.8 Å². The van der Waals surface area contributed by atoms with Crippen molar-refractivity contribution in [3.05, 3.63) is 29.3 Å². The zero-order chi connectivity index (χ0) is 29.7. The minimum atomic E-state index is -1.95. The number of hydrogen-bond acceptors (Lipinski definition) is 4. The fraction of sp³-hybridized carbons (Fsp3) is 0.765. The summed E-state index contributed by atoms with van der Waals surface area (Å²) < 4.78 is 12.4. The van der Waals surface area contributed by atoms with E-state index in [1.54, 1.807) is 0 Å². The predicted octanol–water partition coefficient (Wildman–Crippen LogP) is 8.66. The zero-order valence-corrected chi connectivity index (χ0v) is 28.0. The summed E-state index contributed by atoms with van der Waals surface area (Å²) in [6.07, 6.45) is 11.5. The molecule has 1 fully saturated rings. The van der Waals surface area contributed by atoms with E-state index in [2.05, 4.69) is 72.9 Å². The Morgan fingerprint density at radius 3 is 2.20 bits per heavy atom. The van der Waals surface area contributed by atoms with E-state index in [-0.39, 0.29) is 46.1 Å². The molecule has 226 valence electrons. The summed E-state index contributed by atoms with van der Waals surface area (Å²) in [5, 5.41) is 3.41. The lowest BCUT2D eigenvalue weighted by Gasteiger charge is -2.37. The molecule has 0 saturated carbocycles. The molecule has 3 rings (SSSR count). The van der Waals surface area contributed by atoms with Crippen LogP contribution in [0, 0.1) is 11.8 Å². The van der Waals surface area contributed by atoms with Gasteiger partial charge in [0.15, 0.2) is 8.32 Å². The van der Waals surface area contributed by atoms with Gasteiger partial charge in [-0.15, -0.1) is 0 Å². The quantitative estimate of drug-likeness (QED) is 0.0990. The third kappa shape index (κ3) is 7.21. The number of hydrogen-bond donors (Lipinski definition) is 1. The number of fused-ring (bicyclic) bond motifs is 3. The van der Waals surface area contributed by atoms with E-state index in [1.165, 1.54) is 50.5 Å². The van der Waals surface area contributed by atoms with Gasteiger partial charge in [-0.05, 0) is 53.7 Å². The number of nitrogens with one attached hydrogen (secondary N) is 1. The summed E-state index contributed by atoms with van der Waals surface area (Å²) in [5.41, 5.74) is 2.01. The molecule has 1 aromatic carbocycles. The van der Waals surface area contributed by atoms with Crippen molar-refractivity contribution < 1.29 is 18.8 Å². The van der Waals surface area contributed by atoms with E-state index < -0.39 is 8.32 Å². The average Bonchev–Trinajstić information content (AvgIpc) is 3.34. The first-order valence-electron chi connectivity index (χ1n) is 16.0. The highest BCUT2D eigenvalue weighted by Gasteiger charge is 2.60. The van der Waals surface area contributed by atoms with Gasteiger partial charge in [0.1, 0.15) is 5.75 Å². The molecule has 0 aromatic heterocycles. The van der Waals surface area contributed by atoms with Crippen LogP contribution in [-0.4, -0.2) is 32.8 Å². The standard InChI is InChI=1S/C34H57NO4Si/c1-10-11-12-13-14-15-16-17-18-19-29(36)39-25-20-21-26-27(22-25)34(7,24(2)3)31-30(26)28(35-32(31)37)23-38-40(8,9)33(4,5)6/h20-22,24,28,30-31H,10-19,23H2,1-9H3,(H,35,37)/t28-,30-,31-,34-/m1/s1. The SMILES string of the molecule is CCCCCCCCCCCC(=O)Oc1ccc2c(c1)[C@@](C)(C(C)C)[C@H]1C(=O)N[C@H](CO[Si](C)(C)C(C)(C)C)[C@@H]21. The van der Waals surface area contributed by atoms with Crippen LogP contribution in [0.1, 0.15) is 130 Å². The molecule has 0 radical (unpaired) electrons. The van der Waals surface area contributed by atoms with Crippen molar-refractivity contribution in [3.63, 3.8) is 0 Å². The molecule has 0 bridgehead atoms. The minimum absolute atomic E-state index is 0.0500.